The highest BCUT2D eigenvalue weighted by molar-refractivity contribution is 6.56. The fourth-order valence-electron chi connectivity index (χ4n) is 3.27. The zero-order valence-corrected chi connectivity index (χ0v) is 15.4. The van der Waals surface area contributed by atoms with Crippen LogP contribution in [0.15, 0.2) is 36.9 Å². The Balaban J connectivity index is 1.55. The molecule has 6 radical (unpaired) electrons. The molecule has 134 valence electrons. The number of nitrogens with zero attached hydrogens (tertiary/aromatic N) is 5. The first-order valence-electron chi connectivity index (χ1n) is 9.09. The van der Waals surface area contributed by atoms with E-state index in [4.69, 9.17) is 23.5 Å². The summed E-state index contributed by atoms with van der Waals surface area (Å²) in [5.41, 5.74) is 2.32. The van der Waals surface area contributed by atoms with Crippen molar-refractivity contribution in [2.75, 3.05) is 25.0 Å². The molecule has 4 heterocycles. The predicted octanol–water partition coefficient (Wildman–Crippen LogP) is 0.601. The maximum absolute atomic E-state index is 12.2. The van der Waals surface area contributed by atoms with Crippen LogP contribution >= 0.6 is 0 Å². The quantitative estimate of drug-likeness (QED) is 0.670. The second-order valence-corrected chi connectivity index (χ2v) is 7.08. The van der Waals surface area contributed by atoms with Crippen molar-refractivity contribution in [3.8, 4) is 11.1 Å². The van der Waals surface area contributed by atoms with Gasteiger partial charge in [-0.2, -0.15) is 5.10 Å². The number of anilines is 1. The summed E-state index contributed by atoms with van der Waals surface area (Å²) < 4.78 is 1.28. The molecule has 1 amide bonds. The number of rotatable bonds is 5. The van der Waals surface area contributed by atoms with Crippen LogP contribution in [0.1, 0.15) is 12.8 Å². The molecule has 0 atom stereocenters. The number of amides is 1. The van der Waals surface area contributed by atoms with E-state index in [-0.39, 0.29) is 5.91 Å². The van der Waals surface area contributed by atoms with Crippen molar-refractivity contribution in [1.82, 2.24) is 24.6 Å². The summed E-state index contributed by atoms with van der Waals surface area (Å²) in [5, 5.41) is 6.22. The standard InChI is InChI=1S/C18H17B3N6O/c19-18(20,21)27-10-14(8-24-27)13-5-12-6-16(23-9-15(12)22-7-13)25-17(28)11-26-3-1-2-4-26/h5-10H,1-4,11H2,(H,23,25,28). The van der Waals surface area contributed by atoms with Crippen molar-refractivity contribution < 1.29 is 4.79 Å². The van der Waals surface area contributed by atoms with Crippen molar-refractivity contribution in [1.29, 1.82) is 0 Å². The predicted molar refractivity (Wildman–Crippen MR) is 110 cm³/mol. The SMILES string of the molecule is [B]C([B])([B])n1cc(-c2cnc3cnc(NC(=O)CN4CCCC4)cc3c2)cn1. The Morgan fingerprint density at radius 1 is 1.07 bits per heavy atom. The normalized spacial score (nSPS) is 15.1. The van der Waals surface area contributed by atoms with Gasteiger partial charge in [-0.15, -0.1) is 0 Å². The molecule has 3 aromatic heterocycles. The number of nitrogens with one attached hydrogen (secondary N) is 1. The van der Waals surface area contributed by atoms with Crippen LogP contribution in [0.5, 0.6) is 0 Å². The summed E-state index contributed by atoms with van der Waals surface area (Å²) in [5.74, 6) is 0.431. The molecule has 0 spiro atoms. The fourth-order valence-corrected chi connectivity index (χ4v) is 3.27. The maximum atomic E-state index is 12.2. The third kappa shape index (κ3) is 4.12. The Labute approximate surface area is 167 Å². The molecule has 10 heteroatoms. The van der Waals surface area contributed by atoms with E-state index >= 15 is 0 Å². The number of hydrogen-bond acceptors (Lipinski definition) is 5. The van der Waals surface area contributed by atoms with E-state index in [1.807, 2.05) is 6.07 Å². The smallest absolute Gasteiger partial charge is 0.239 e. The molecule has 3 aromatic rings. The molecule has 1 N–H and O–H groups in total. The average Bonchev–Trinajstić information content (AvgIpc) is 3.32. The summed E-state index contributed by atoms with van der Waals surface area (Å²) in [4.78, 5) is 23.1. The Kier molecular flexibility index (Phi) is 4.97. The van der Waals surface area contributed by atoms with Crippen LogP contribution in [0.3, 0.4) is 0 Å². The first-order valence-corrected chi connectivity index (χ1v) is 9.09. The zero-order chi connectivity index (χ0) is 19.7. The first-order chi connectivity index (χ1) is 13.4. The van der Waals surface area contributed by atoms with Gasteiger partial charge in [0.25, 0.3) is 0 Å². The van der Waals surface area contributed by atoms with Gasteiger partial charge in [-0.25, -0.2) is 4.98 Å². The van der Waals surface area contributed by atoms with Gasteiger partial charge in [0.05, 0.1) is 48.0 Å². The van der Waals surface area contributed by atoms with Gasteiger partial charge in [0.15, 0.2) is 0 Å². The molecular weight excluding hydrogens is 349 g/mol. The van der Waals surface area contributed by atoms with Crippen molar-refractivity contribution in [2.45, 2.75) is 18.1 Å². The van der Waals surface area contributed by atoms with Gasteiger partial charge in [-0.05, 0) is 43.3 Å². The molecule has 0 aromatic carbocycles. The van der Waals surface area contributed by atoms with Crippen molar-refractivity contribution in [3.63, 3.8) is 0 Å². The van der Waals surface area contributed by atoms with Gasteiger partial charge >= 0.3 is 0 Å². The molecule has 1 aliphatic heterocycles. The Morgan fingerprint density at radius 2 is 1.86 bits per heavy atom. The monoisotopic (exact) mass is 366 g/mol. The van der Waals surface area contributed by atoms with E-state index in [9.17, 15) is 4.79 Å². The minimum Gasteiger partial charge on any atom is -0.310 e. The number of fused-ring (bicyclic) bond motifs is 1. The summed E-state index contributed by atoms with van der Waals surface area (Å²) in [7, 11) is 17.0. The lowest BCUT2D eigenvalue weighted by molar-refractivity contribution is -0.117. The Morgan fingerprint density at radius 3 is 2.57 bits per heavy atom. The van der Waals surface area contributed by atoms with Crippen LogP contribution in [0, 0.1) is 0 Å². The highest BCUT2D eigenvalue weighted by Gasteiger charge is 2.16. The Bertz CT molecular complexity index is 1010. The molecule has 1 saturated heterocycles. The summed E-state index contributed by atoms with van der Waals surface area (Å²) in [6, 6.07) is 3.74. The molecule has 1 fully saturated rings. The van der Waals surface area contributed by atoms with E-state index in [0.29, 0.717) is 12.4 Å². The van der Waals surface area contributed by atoms with Crippen LogP contribution in [0.4, 0.5) is 5.82 Å². The van der Waals surface area contributed by atoms with Crippen LogP contribution in [-0.4, -0.2) is 73.7 Å². The van der Waals surface area contributed by atoms with Crippen molar-refractivity contribution in [2.24, 2.45) is 0 Å². The molecule has 28 heavy (non-hydrogen) atoms. The zero-order valence-electron chi connectivity index (χ0n) is 15.4. The molecule has 0 unspecified atom stereocenters. The van der Waals surface area contributed by atoms with Gasteiger partial charge < -0.3 is 5.32 Å². The molecule has 1 aliphatic rings. The van der Waals surface area contributed by atoms with E-state index in [2.05, 4.69) is 25.3 Å². The fraction of sp³-hybridized carbons (Fsp3) is 0.333. The highest BCUT2D eigenvalue weighted by atomic mass is 16.2. The molecule has 7 nitrogen and oxygen atoms in total. The van der Waals surface area contributed by atoms with Gasteiger partial charge in [-0.1, -0.05) is 0 Å². The minimum absolute atomic E-state index is 0.0654. The Hall–Kier alpha value is -2.61. The van der Waals surface area contributed by atoms with Crippen molar-refractivity contribution >= 4 is 46.2 Å². The highest BCUT2D eigenvalue weighted by Crippen LogP contribution is 2.24. The topological polar surface area (TPSA) is 75.9 Å². The van der Waals surface area contributed by atoms with Gasteiger partial charge in [0.1, 0.15) is 5.82 Å². The number of likely N-dealkylation sites (tertiary alicyclic amines) is 1. The van der Waals surface area contributed by atoms with Gasteiger partial charge in [-0.3, -0.25) is 19.4 Å². The number of carbonyl (C=O) groups is 1. The number of pyridine rings is 2. The summed E-state index contributed by atoms with van der Waals surface area (Å²) in [6.07, 6.45) is 8.91. The molecule has 0 aliphatic carbocycles. The number of carbonyl (C=O) groups excluding carboxylic acids is 1. The summed E-state index contributed by atoms with van der Waals surface area (Å²) in [6.45, 7) is 2.32. The number of hydrogen-bond donors (Lipinski definition) is 1. The van der Waals surface area contributed by atoms with E-state index < -0.39 is 5.24 Å². The van der Waals surface area contributed by atoms with Crippen LogP contribution in [0.25, 0.3) is 22.0 Å². The largest absolute Gasteiger partial charge is 0.310 e. The van der Waals surface area contributed by atoms with E-state index in [1.54, 1.807) is 30.9 Å². The summed E-state index contributed by atoms with van der Waals surface area (Å²) >= 11 is 0. The van der Waals surface area contributed by atoms with E-state index in [1.165, 1.54) is 4.68 Å². The second kappa shape index (κ2) is 7.43. The lowest BCUT2D eigenvalue weighted by Crippen LogP contribution is -2.35. The average molecular weight is 366 g/mol. The van der Waals surface area contributed by atoms with Crippen LogP contribution in [0.2, 0.25) is 0 Å². The van der Waals surface area contributed by atoms with Crippen LogP contribution < -0.4 is 5.32 Å². The third-order valence-corrected chi connectivity index (χ3v) is 4.71. The van der Waals surface area contributed by atoms with Crippen molar-refractivity contribution in [3.05, 3.63) is 36.9 Å². The van der Waals surface area contributed by atoms with E-state index in [0.717, 1.165) is 48.0 Å². The van der Waals surface area contributed by atoms with Gasteiger partial charge in [0, 0.05) is 28.9 Å². The molecule has 0 saturated carbocycles. The van der Waals surface area contributed by atoms with Crippen LogP contribution in [-0.2, 0) is 10.0 Å². The lowest BCUT2D eigenvalue weighted by atomic mass is 9.49. The maximum Gasteiger partial charge on any atom is 0.239 e. The third-order valence-electron chi connectivity index (χ3n) is 4.71. The molecule has 0 bridgehead atoms. The first kappa shape index (κ1) is 18.7. The minimum atomic E-state index is -1.57. The molecule has 4 rings (SSSR count). The van der Waals surface area contributed by atoms with Gasteiger partial charge in [0.2, 0.25) is 5.91 Å². The molecular formula is C18H17B3N6O. The lowest BCUT2D eigenvalue weighted by Gasteiger charge is -2.20. The number of aromatic nitrogens is 4. The second-order valence-electron chi connectivity index (χ2n) is 7.08.